The van der Waals surface area contributed by atoms with Crippen LogP contribution in [0.2, 0.25) is 0 Å². The SMILES string of the molecule is C[CH]c1ccc(OC)c(OC)c1[N+](=O)[O-]. The monoisotopic (exact) mass is 210 g/mol. The van der Waals surface area contributed by atoms with Crippen LogP contribution in [0.4, 0.5) is 5.69 Å². The number of hydrogen-bond acceptors (Lipinski definition) is 4. The van der Waals surface area contributed by atoms with E-state index >= 15 is 0 Å². The zero-order chi connectivity index (χ0) is 11.4. The average Bonchev–Trinajstić information content (AvgIpc) is 2.26. The third-order valence-electron chi connectivity index (χ3n) is 2.04. The molecule has 0 aromatic heterocycles. The van der Waals surface area contributed by atoms with Crippen molar-refractivity contribution in [2.24, 2.45) is 0 Å². The lowest BCUT2D eigenvalue weighted by Crippen LogP contribution is -2.00. The number of hydrogen-bond donors (Lipinski definition) is 0. The molecule has 0 amide bonds. The first-order valence-corrected chi connectivity index (χ1v) is 4.34. The van der Waals surface area contributed by atoms with E-state index in [0.29, 0.717) is 11.3 Å². The largest absolute Gasteiger partial charge is 0.493 e. The van der Waals surface area contributed by atoms with Gasteiger partial charge < -0.3 is 9.47 Å². The molecule has 1 rings (SSSR count). The lowest BCUT2D eigenvalue weighted by molar-refractivity contribution is -0.386. The number of nitro groups is 1. The maximum atomic E-state index is 10.9. The van der Waals surface area contributed by atoms with Gasteiger partial charge in [0.25, 0.3) is 0 Å². The smallest absolute Gasteiger partial charge is 0.318 e. The van der Waals surface area contributed by atoms with E-state index in [4.69, 9.17) is 9.47 Å². The number of nitrogens with zero attached hydrogens (tertiary/aromatic N) is 1. The van der Waals surface area contributed by atoms with Gasteiger partial charge in [0, 0.05) is 5.56 Å². The maximum absolute atomic E-state index is 10.9. The van der Waals surface area contributed by atoms with E-state index in [1.54, 1.807) is 25.5 Å². The fourth-order valence-corrected chi connectivity index (χ4v) is 1.35. The topological polar surface area (TPSA) is 61.6 Å². The van der Waals surface area contributed by atoms with Gasteiger partial charge in [0.2, 0.25) is 5.75 Å². The Hall–Kier alpha value is -1.78. The van der Waals surface area contributed by atoms with E-state index in [0.717, 1.165) is 0 Å². The first kappa shape index (κ1) is 11.3. The zero-order valence-corrected chi connectivity index (χ0v) is 8.81. The molecule has 0 fully saturated rings. The van der Waals surface area contributed by atoms with E-state index in [1.807, 2.05) is 0 Å². The van der Waals surface area contributed by atoms with Crippen LogP contribution < -0.4 is 9.47 Å². The molecule has 15 heavy (non-hydrogen) atoms. The van der Waals surface area contributed by atoms with Gasteiger partial charge in [-0.1, -0.05) is 6.92 Å². The molecule has 0 unspecified atom stereocenters. The fourth-order valence-electron chi connectivity index (χ4n) is 1.35. The van der Waals surface area contributed by atoms with Crippen LogP contribution in [0.3, 0.4) is 0 Å². The van der Waals surface area contributed by atoms with Crippen LogP contribution in [0.25, 0.3) is 0 Å². The summed E-state index contributed by atoms with van der Waals surface area (Å²) in [5.74, 6) is 0.507. The molecule has 0 heterocycles. The van der Waals surface area contributed by atoms with Crippen molar-refractivity contribution in [2.45, 2.75) is 6.92 Å². The van der Waals surface area contributed by atoms with Gasteiger partial charge in [0.1, 0.15) is 0 Å². The van der Waals surface area contributed by atoms with Crippen molar-refractivity contribution in [3.05, 3.63) is 34.2 Å². The first-order chi connectivity index (χ1) is 7.15. The summed E-state index contributed by atoms with van der Waals surface area (Å²) in [5, 5.41) is 10.9. The molecule has 0 aliphatic rings. The Balaban J connectivity index is 3.44. The van der Waals surface area contributed by atoms with Gasteiger partial charge in [-0.15, -0.1) is 0 Å². The minimum Gasteiger partial charge on any atom is -0.493 e. The van der Waals surface area contributed by atoms with Crippen molar-refractivity contribution in [2.75, 3.05) is 14.2 Å². The molecule has 0 aliphatic heterocycles. The van der Waals surface area contributed by atoms with Crippen LogP contribution in [0.5, 0.6) is 11.5 Å². The normalized spacial score (nSPS) is 9.80. The Kier molecular flexibility index (Phi) is 3.49. The number of ether oxygens (including phenoxy) is 2. The van der Waals surface area contributed by atoms with Gasteiger partial charge in [0.15, 0.2) is 5.75 Å². The Morgan fingerprint density at radius 3 is 2.40 bits per heavy atom. The molecular weight excluding hydrogens is 198 g/mol. The highest BCUT2D eigenvalue weighted by atomic mass is 16.6. The third-order valence-corrected chi connectivity index (χ3v) is 2.04. The molecule has 1 radical (unpaired) electrons. The van der Waals surface area contributed by atoms with Gasteiger partial charge in [-0.05, 0) is 18.6 Å². The predicted octanol–water partition coefficient (Wildman–Crippen LogP) is 2.18. The standard InChI is InChI=1S/C10H12NO4/c1-4-7-5-6-8(14-2)10(15-3)9(7)11(12)13/h4-6H,1-3H3. The first-order valence-electron chi connectivity index (χ1n) is 4.34. The van der Waals surface area contributed by atoms with Gasteiger partial charge in [0.05, 0.1) is 19.1 Å². The van der Waals surface area contributed by atoms with Crippen molar-refractivity contribution in [1.29, 1.82) is 0 Å². The second-order valence-electron chi connectivity index (χ2n) is 2.78. The molecule has 0 aliphatic carbocycles. The molecule has 0 saturated heterocycles. The summed E-state index contributed by atoms with van der Waals surface area (Å²) in [6, 6.07) is 3.26. The van der Waals surface area contributed by atoms with Crippen LogP contribution in [0, 0.1) is 16.5 Å². The fraction of sp³-hybridized carbons (Fsp3) is 0.300. The number of nitro benzene ring substituents is 1. The van der Waals surface area contributed by atoms with Gasteiger partial charge in [-0.3, -0.25) is 10.1 Å². The van der Waals surface area contributed by atoms with Crippen molar-refractivity contribution < 1.29 is 14.4 Å². The molecule has 81 valence electrons. The third kappa shape index (κ3) is 2.01. The molecule has 0 spiro atoms. The van der Waals surface area contributed by atoms with E-state index in [1.165, 1.54) is 14.2 Å². The number of methoxy groups -OCH3 is 2. The summed E-state index contributed by atoms with van der Waals surface area (Å²) in [6.07, 6.45) is 1.65. The van der Waals surface area contributed by atoms with Crippen LogP contribution in [-0.4, -0.2) is 19.1 Å². The zero-order valence-electron chi connectivity index (χ0n) is 8.81. The Morgan fingerprint density at radius 2 is 2.00 bits per heavy atom. The average molecular weight is 210 g/mol. The van der Waals surface area contributed by atoms with Crippen LogP contribution in [0.15, 0.2) is 12.1 Å². The summed E-state index contributed by atoms with van der Waals surface area (Å²) < 4.78 is 9.97. The predicted molar refractivity (Wildman–Crippen MR) is 55.3 cm³/mol. The highest BCUT2D eigenvalue weighted by Crippen LogP contribution is 2.39. The molecule has 5 nitrogen and oxygen atoms in total. The highest BCUT2D eigenvalue weighted by Gasteiger charge is 2.23. The van der Waals surface area contributed by atoms with Crippen molar-refractivity contribution in [3.63, 3.8) is 0 Å². The lowest BCUT2D eigenvalue weighted by atomic mass is 10.1. The van der Waals surface area contributed by atoms with Crippen LogP contribution >= 0.6 is 0 Å². The molecule has 0 N–H and O–H groups in total. The Labute approximate surface area is 87.8 Å². The van der Waals surface area contributed by atoms with E-state index in [9.17, 15) is 10.1 Å². The van der Waals surface area contributed by atoms with E-state index in [2.05, 4.69) is 0 Å². The van der Waals surface area contributed by atoms with Crippen molar-refractivity contribution >= 4 is 5.69 Å². The van der Waals surface area contributed by atoms with Gasteiger partial charge >= 0.3 is 5.69 Å². The molecule has 1 aromatic rings. The van der Waals surface area contributed by atoms with Gasteiger partial charge in [-0.2, -0.15) is 0 Å². The second-order valence-corrected chi connectivity index (χ2v) is 2.78. The second kappa shape index (κ2) is 4.63. The molecule has 0 bridgehead atoms. The summed E-state index contributed by atoms with van der Waals surface area (Å²) in [5.41, 5.74) is 0.442. The summed E-state index contributed by atoms with van der Waals surface area (Å²) in [6.45, 7) is 1.73. The molecular formula is C10H12NO4. The summed E-state index contributed by atoms with van der Waals surface area (Å²) >= 11 is 0. The summed E-state index contributed by atoms with van der Waals surface area (Å²) in [4.78, 5) is 10.4. The summed E-state index contributed by atoms with van der Waals surface area (Å²) in [7, 11) is 2.82. The maximum Gasteiger partial charge on any atom is 0.318 e. The molecule has 1 aromatic carbocycles. The van der Waals surface area contributed by atoms with Crippen molar-refractivity contribution in [1.82, 2.24) is 0 Å². The lowest BCUT2D eigenvalue weighted by Gasteiger charge is -2.09. The minimum absolute atomic E-state index is 0.0700. The van der Waals surface area contributed by atoms with E-state index in [-0.39, 0.29) is 11.4 Å². The van der Waals surface area contributed by atoms with Crippen LogP contribution in [-0.2, 0) is 0 Å². The van der Waals surface area contributed by atoms with Crippen LogP contribution in [0.1, 0.15) is 12.5 Å². The quantitative estimate of drug-likeness (QED) is 0.564. The number of benzene rings is 1. The number of rotatable bonds is 4. The highest BCUT2D eigenvalue weighted by molar-refractivity contribution is 5.62. The Morgan fingerprint density at radius 1 is 1.33 bits per heavy atom. The molecule has 0 atom stereocenters. The van der Waals surface area contributed by atoms with Gasteiger partial charge in [-0.25, -0.2) is 0 Å². The minimum atomic E-state index is -0.476. The van der Waals surface area contributed by atoms with Crippen molar-refractivity contribution in [3.8, 4) is 11.5 Å². The molecule has 0 saturated carbocycles. The van der Waals surface area contributed by atoms with E-state index < -0.39 is 4.92 Å². The molecule has 5 heteroatoms. The Bertz CT molecular complexity index is 376.